The van der Waals surface area contributed by atoms with Crippen LogP contribution in [0.15, 0.2) is 11.1 Å². The number of hydrogen-bond acceptors (Lipinski definition) is 3. The van der Waals surface area contributed by atoms with Crippen LogP contribution < -0.4 is 10.7 Å². The molecule has 0 fully saturated rings. The van der Waals surface area contributed by atoms with Crippen LogP contribution in [-0.4, -0.2) is 9.97 Å². The summed E-state index contributed by atoms with van der Waals surface area (Å²) >= 11 is 0. The SMILES string of the molecule is O=c1[nH]cnc([O-])c1F. The molecule has 0 atom stereocenters. The molecule has 0 amide bonds. The summed E-state index contributed by atoms with van der Waals surface area (Å²) in [6.45, 7) is 0. The topological polar surface area (TPSA) is 68.8 Å². The third kappa shape index (κ3) is 0.883. The van der Waals surface area contributed by atoms with Gasteiger partial charge in [-0.1, -0.05) is 0 Å². The van der Waals surface area contributed by atoms with E-state index in [2.05, 4.69) is 4.98 Å². The second-order valence-corrected chi connectivity index (χ2v) is 1.35. The third-order valence-corrected chi connectivity index (χ3v) is 0.765. The predicted octanol–water partition coefficient (Wildman–Crippen LogP) is -1.02. The molecule has 0 aliphatic heterocycles. The van der Waals surface area contributed by atoms with Crippen molar-refractivity contribution in [3.8, 4) is 5.88 Å². The molecule has 9 heavy (non-hydrogen) atoms. The quantitative estimate of drug-likeness (QED) is 0.487. The van der Waals surface area contributed by atoms with Crippen molar-refractivity contribution in [2.45, 2.75) is 0 Å². The molecule has 0 aliphatic carbocycles. The van der Waals surface area contributed by atoms with Crippen LogP contribution >= 0.6 is 0 Å². The summed E-state index contributed by atoms with van der Waals surface area (Å²) in [6, 6.07) is 0. The maximum Gasteiger partial charge on any atom is 0.286 e. The summed E-state index contributed by atoms with van der Waals surface area (Å²) in [5.41, 5.74) is -1.03. The summed E-state index contributed by atoms with van der Waals surface area (Å²) in [5, 5.41) is 10.1. The Bertz CT molecular complexity index is 270. The molecule has 0 aromatic carbocycles. The van der Waals surface area contributed by atoms with E-state index in [1.165, 1.54) is 0 Å². The minimum Gasteiger partial charge on any atom is -0.856 e. The molecule has 0 aliphatic rings. The molecule has 0 radical (unpaired) electrons. The third-order valence-electron chi connectivity index (χ3n) is 0.765. The number of nitrogens with one attached hydrogen (secondary N) is 1. The van der Waals surface area contributed by atoms with Gasteiger partial charge in [-0.3, -0.25) is 9.78 Å². The summed E-state index contributed by atoms with van der Waals surface area (Å²) in [7, 11) is 0. The van der Waals surface area contributed by atoms with Crippen LogP contribution in [0.1, 0.15) is 0 Å². The van der Waals surface area contributed by atoms with Gasteiger partial charge in [0.2, 0.25) is 0 Å². The van der Waals surface area contributed by atoms with Gasteiger partial charge in [0.1, 0.15) is 0 Å². The molecule has 1 aromatic heterocycles. The van der Waals surface area contributed by atoms with Crippen LogP contribution in [0.5, 0.6) is 5.88 Å². The molecule has 5 heteroatoms. The van der Waals surface area contributed by atoms with Gasteiger partial charge in [-0.05, 0) is 0 Å². The lowest BCUT2D eigenvalue weighted by molar-refractivity contribution is -0.279. The van der Waals surface area contributed by atoms with Gasteiger partial charge >= 0.3 is 0 Å². The molecule has 1 heterocycles. The Morgan fingerprint density at radius 3 is 2.89 bits per heavy atom. The average molecular weight is 129 g/mol. The van der Waals surface area contributed by atoms with E-state index in [1.807, 2.05) is 4.98 Å². The molecule has 0 saturated heterocycles. The number of rotatable bonds is 0. The van der Waals surface area contributed by atoms with Crippen molar-refractivity contribution >= 4 is 0 Å². The first kappa shape index (κ1) is 5.74. The predicted molar refractivity (Wildman–Crippen MR) is 24.3 cm³/mol. The number of H-pyrrole nitrogens is 1. The Balaban J connectivity index is 3.43. The zero-order valence-corrected chi connectivity index (χ0v) is 4.22. The smallest absolute Gasteiger partial charge is 0.286 e. The molecule has 48 valence electrons. The maximum absolute atomic E-state index is 12.0. The zero-order chi connectivity index (χ0) is 6.85. The molecule has 0 bridgehead atoms. The van der Waals surface area contributed by atoms with E-state index in [0.29, 0.717) is 0 Å². The molecule has 1 aromatic rings. The first-order valence-corrected chi connectivity index (χ1v) is 2.12. The fourth-order valence-electron chi connectivity index (χ4n) is 0.367. The molecular weight excluding hydrogens is 127 g/mol. The van der Waals surface area contributed by atoms with E-state index >= 15 is 0 Å². The van der Waals surface area contributed by atoms with E-state index in [4.69, 9.17) is 0 Å². The molecule has 1 N–H and O–H groups in total. The second kappa shape index (κ2) is 1.85. The summed E-state index contributed by atoms with van der Waals surface area (Å²) < 4.78 is 12.0. The number of aromatic amines is 1. The number of hydrogen-bond donors (Lipinski definition) is 1. The van der Waals surface area contributed by atoms with Crippen LogP contribution in [-0.2, 0) is 0 Å². The van der Waals surface area contributed by atoms with Crippen molar-refractivity contribution in [3.05, 3.63) is 22.5 Å². The van der Waals surface area contributed by atoms with Gasteiger partial charge in [-0.25, -0.2) is 0 Å². The van der Waals surface area contributed by atoms with Gasteiger partial charge in [0, 0.05) is 5.88 Å². The van der Waals surface area contributed by atoms with Crippen LogP contribution in [0.2, 0.25) is 0 Å². The van der Waals surface area contributed by atoms with Gasteiger partial charge in [-0.2, -0.15) is 4.39 Å². The normalized spacial score (nSPS) is 9.44. The van der Waals surface area contributed by atoms with Crippen LogP contribution in [0.25, 0.3) is 0 Å². The fourth-order valence-corrected chi connectivity index (χ4v) is 0.367. The van der Waals surface area contributed by atoms with Crippen molar-refractivity contribution in [2.75, 3.05) is 0 Å². The van der Waals surface area contributed by atoms with Gasteiger partial charge in [0.25, 0.3) is 5.56 Å². The number of aromatic nitrogens is 2. The summed E-state index contributed by atoms with van der Waals surface area (Å²) in [6.07, 6.45) is 0.855. The number of halogens is 1. The Labute approximate surface area is 49.0 Å². The van der Waals surface area contributed by atoms with Gasteiger partial charge in [-0.15, -0.1) is 0 Å². The van der Waals surface area contributed by atoms with E-state index in [-0.39, 0.29) is 0 Å². The van der Waals surface area contributed by atoms with Crippen LogP contribution in [0.3, 0.4) is 0 Å². The van der Waals surface area contributed by atoms with Gasteiger partial charge in [0.15, 0.2) is 5.82 Å². The monoisotopic (exact) mass is 129 g/mol. The van der Waals surface area contributed by atoms with Crippen molar-refractivity contribution < 1.29 is 9.50 Å². The summed E-state index contributed by atoms with van der Waals surface area (Å²) in [5.74, 6) is -2.49. The van der Waals surface area contributed by atoms with Crippen LogP contribution in [0.4, 0.5) is 4.39 Å². The second-order valence-electron chi connectivity index (χ2n) is 1.35. The first-order valence-electron chi connectivity index (χ1n) is 2.12. The Hall–Kier alpha value is -1.39. The van der Waals surface area contributed by atoms with E-state index < -0.39 is 17.3 Å². The molecular formula is C4H2FN2O2-. The van der Waals surface area contributed by atoms with Gasteiger partial charge in [0.05, 0.1) is 6.33 Å². The maximum atomic E-state index is 12.0. The Morgan fingerprint density at radius 2 is 2.44 bits per heavy atom. The Kier molecular flexibility index (Phi) is 1.18. The summed E-state index contributed by atoms with van der Waals surface area (Å²) in [4.78, 5) is 15.0. The molecule has 0 spiro atoms. The zero-order valence-electron chi connectivity index (χ0n) is 4.22. The van der Waals surface area contributed by atoms with Crippen molar-refractivity contribution in [2.24, 2.45) is 0 Å². The molecule has 0 saturated carbocycles. The van der Waals surface area contributed by atoms with Crippen molar-refractivity contribution in [3.63, 3.8) is 0 Å². The van der Waals surface area contributed by atoms with Crippen LogP contribution in [0, 0.1) is 5.82 Å². The standard InChI is InChI=1S/C4H3FN2O2/c5-2-3(8)6-1-7-4(2)9/h1H,(H2,6,7,8,9)/p-1. The van der Waals surface area contributed by atoms with E-state index in [1.54, 1.807) is 0 Å². The minimum absolute atomic E-state index is 0.855. The van der Waals surface area contributed by atoms with Crippen molar-refractivity contribution in [1.82, 2.24) is 9.97 Å². The largest absolute Gasteiger partial charge is 0.856 e. The highest BCUT2D eigenvalue weighted by Gasteiger charge is 1.95. The Morgan fingerprint density at radius 1 is 1.78 bits per heavy atom. The highest BCUT2D eigenvalue weighted by Crippen LogP contribution is 1.96. The highest BCUT2D eigenvalue weighted by molar-refractivity contribution is 5.03. The molecule has 4 nitrogen and oxygen atoms in total. The highest BCUT2D eigenvalue weighted by atomic mass is 19.1. The average Bonchev–Trinajstić information content (AvgIpc) is 1.83. The van der Waals surface area contributed by atoms with Crippen molar-refractivity contribution in [1.29, 1.82) is 0 Å². The molecule has 1 rings (SSSR count). The fraction of sp³-hybridized carbons (Fsp3) is 0. The lowest BCUT2D eigenvalue weighted by Crippen LogP contribution is -2.14. The van der Waals surface area contributed by atoms with E-state index in [0.717, 1.165) is 6.33 Å². The minimum atomic E-state index is -1.36. The molecule has 0 unspecified atom stereocenters. The number of nitrogens with zero attached hydrogens (tertiary/aromatic N) is 1. The lowest BCUT2D eigenvalue weighted by atomic mass is 10.6. The first-order chi connectivity index (χ1) is 4.22. The van der Waals surface area contributed by atoms with E-state index in [9.17, 15) is 14.3 Å². The van der Waals surface area contributed by atoms with Gasteiger partial charge < -0.3 is 10.1 Å². The lowest BCUT2D eigenvalue weighted by Gasteiger charge is -2.00.